The van der Waals surface area contributed by atoms with E-state index < -0.39 is 29.1 Å². The number of aryl methyl sites for hydroxylation is 1. The van der Waals surface area contributed by atoms with Crippen molar-refractivity contribution in [2.75, 3.05) is 6.54 Å². The number of hydrogen-bond acceptors (Lipinski definition) is 2. The molecule has 0 aromatic heterocycles. The third kappa shape index (κ3) is 2.22. The zero-order valence-corrected chi connectivity index (χ0v) is 10.0. The number of carboxylic acids is 1. The van der Waals surface area contributed by atoms with Crippen molar-refractivity contribution in [3.8, 4) is 0 Å². The van der Waals surface area contributed by atoms with Crippen molar-refractivity contribution >= 4 is 21.9 Å². The molecule has 0 bridgehead atoms. The summed E-state index contributed by atoms with van der Waals surface area (Å²) < 4.78 is 27.3. The molecule has 0 radical (unpaired) electrons. The molecule has 3 nitrogen and oxygen atoms in total. The Morgan fingerprint density at radius 2 is 2.12 bits per heavy atom. The highest BCUT2D eigenvalue weighted by Gasteiger charge is 2.27. The van der Waals surface area contributed by atoms with E-state index in [4.69, 9.17) is 10.8 Å². The van der Waals surface area contributed by atoms with Crippen LogP contribution in [-0.4, -0.2) is 17.6 Å². The van der Waals surface area contributed by atoms with Gasteiger partial charge in [0.05, 0.1) is 10.4 Å². The standard InChI is InChI=1S/C10H10BrF2NO2/c1-4-2-6(11)9(13)7(8(4)12)5(3-14)10(15)16/h2,5H,3,14H2,1H3,(H,15,16). The van der Waals surface area contributed by atoms with Gasteiger partial charge < -0.3 is 10.8 Å². The summed E-state index contributed by atoms with van der Waals surface area (Å²) in [5.74, 6) is -4.51. The van der Waals surface area contributed by atoms with Crippen molar-refractivity contribution in [1.29, 1.82) is 0 Å². The molecule has 1 unspecified atom stereocenters. The first kappa shape index (κ1) is 13.1. The monoisotopic (exact) mass is 293 g/mol. The summed E-state index contributed by atoms with van der Waals surface area (Å²) >= 11 is 2.90. The van der Waals surface area contributed by atoms with Crippen LogP contribution < -0.4 is 5.73 Å². The summed E-state index contributed by atoms with van der Waals surface area (Å²) in [5.41, 5.74) is 4.89. The van der Waals surface area contributed by atoms with E-state index in [2.05, 4.69) is 15.9 Å². The number of hydrogen-bond donors (Lipinski definition) is 2. The van der Waals surface area contributed by atoms with Gasteiger partial charge in [-0.15, -0.1) is 0 Å². The van der Waals surface area contributed by atoms with Crippen molar-refractivity contribution in [1.82, 2.24) is 0 Å². The molecule has 0 amide bonds. The molecule has 0 aliphatic carbocycles. The Balaban J connectivity index is 3.47. The Morgan fingerprint density at radius 1 is 1.56 bits per heavy atom. The summed E-state index contributed by atoms with van der Waals surface area (Å²) in [6.07, 6.45) is 0. The van der Waals surface area contributed by atoms with Gasteiger partial charge >= 0.3 is 5.97 Å². The summed E-state index contributed by atoms with van der Waals surface area (Å²) in [6, 6.07) is 1.25. The maximum atomic E-state index is 13.7. The Labute approximate surface area is 99.4 Å². The number of nitrogens with two attached hydrogens (primary N) is 1. The second kappa shape index (κ2) is 4.88. The van der Waals surface area contributed by atoms with Crippen LogP contribution in [0.5, 0.6) is 0 Å². The first-order valence-electron chi connectivity index (χ1n) is 4.47. The summed E-state index contributed by atoms with van der Waals surface area (Å²) in [7, 11) is 0. The molecule has 1 aromatic rings. The van der Waals surface area contributed by atoms with E-state index >= 15 is 0 Å². The van der Waals surface area contributed by atoms with E-state index in [1.807, 2.05) is 0 Å². The van der Waals surface area contributed by atoms with E-state index in [0.717, 1.165) is 0 Å². The molecular weight excluding hydrogens is 284 g/mol. The zero-order chi connectivity index (χ0) is 12.5. The molecule has 0 saturated heterocycles. The highest BCUT2D eigenvalue weighted by Crippen LogP contribution is 2.30. The molecular formula is C10H10BrF2NO2. The lowest BCUT2D eigenvalue weighted by Gasteiger charge is -2.14. The van der Waals surface area contributed by atoms with E-state index in [1.54, 1.807) is 0 Å². The summed E-state index contributed by atoms with van der Waals surface area (Å²) in [5, 5.41) is 8.83. The largest absolute Gasteiger partial charge is 0.481 e. The third-order valence-corrected chi connectivity index (χ3v) is 2.83. The predicted molar refractivity (Wildman–Crippen MR) is 58.2 cm³/mol. The molecule has 3 N–H and O–H groups in total. The topological polar surface area (TPSA) is 63.3 Å². The molecule has 1 aromatic carbocycles. The number of benzene rings is 1. The van der Waals surface area contributed by atoms with Crippen molar-refractivity contribution in [2.24, 2.45) is 5.73 Å². The Bertz CT molecular complexity index is 411. The third-order valence-electron chi connectivity index (χ3n) is 2.25. The van der Waals surface area contributed by atoms with Gasteiger partial charge in [0.15, 0.2) is 0 Å². The molecule has 0 saturated carbocycles. The van der Waals surface area contributed by atoms with Gasteiger partial charge in [-0.1, -0.05) is 0 Å². The van der Waals surface area contributed by atoms with E-state index in [9.17, 15) is 13.6 Å². The average Bonchev–Trinajstić information content (AvgIpc) is 2.21. The van der Waals surface area contributed by atoms with Crippen LogP contribution in [0.4, 0.5) is 8.78 Å². The molecule has 6 heteroatoms. The highest BCUT2D eigenvalue weighted by atomic mass is 79.9. The Hall–Kier alpha value is -1.01. The fraction of sp³-hybridized carbons (Fsp3) is 0.300. The van der Waals surface area contributed by atoms with Gasteiger partial charge in [0, 0.05) is 12.1 Å². The maximum absolute atomic E-state index is 13.7. The number of halogens is 3. The lowest BCUT2D eigenvalue weighted by atomic mass is 9.96. The van der Waals surface area contributed by atoms with Gasteiger partial charge in [0.25, 0.3) is 0 Å². The highest BCUT2D eigenvalue weighted by molar-refractivity contribution is 9.10. The lowest BCUT2D eigenvalue weighted by molar-refractivity contribution is -0.138. The second-order valence-electron chi connectivity index (χ2n) is 3.34. The average molecular weight is 294 g/mol. The normalized spacial score (nSPS) is 12.6. The molecule has 0 aliphatic heterocycles. The fourth-order valence-corrected chi connectivity index (χ4v) is 1.96. The lowest BCUT2D eigenvalue weighted by Crippen LogP contribution is -2.24. The fourth-order valence-electron chi connectivity index (χ4n) is 1.40. The van der Waals surface area contributed by atoms with E-state index in [-0.39, 0.29) is 16.6 Å². The van der Waals surface area contributed by atoms with Gasteiger partial charge in [-0.2, -0.15) is 0 Å². The molecule has 0 spiro atoms. The number of carboxylic acid groups (broad SMARTS) is 1. The van der Waals surface area contributed by atoms with Crippen LogP contribution >= 0.6 is 15.9 Å². The van der Waals surface area contributed by atoms with E-state index in [1.165, 1.54) is 13.0 Å². The SMILES string of the molecule is Cc1cc(Br)c(F)c(C(CN)C(=O)O)c1F. The van der Waals surface area contributed by atoms with Gasteiger partial charge in [0.1, 0.15) is 11.6 Å². The molecule has 0 fully saturated rings. The van der Waals surface area contributed by atoms with Crippen LogP contribution in [0.15, 0.2) is 10.5 Å². The van der Waals surface area contributed by atoms with Crippen molar-refractivity contribution in [2.45, 2.75) is 12.8 Å². The smallest absolute Gasteiger partial charge is 0.312 e. The van der Waals surface area contributed by atoms with Gasteiger partial charge in [-0.05, 0) is 34.5 Å². The molecule has 0 aliphatic rings. The van der Waals surface area contributed by atoms with Gasteiger partial charge in [-0.3, -0.25) is 4.79 Å². The first-order valence-corrected chi connectivity index (χ1v) is 5.26. The van der Waals surface area contributed by atoms with Crippen LogP contribution in [0.2, 0.25) is 0 Å². The Kier molecular flexibility index (Phi) is 3.98. The van der Waals surface area contributed by atoms with Crippen molar-refractivity contribution in [3.05, 3.63) is 33.3 Å². The molecule has 1 atom stereocenters. The van der Waals surface area contributed by atoms with E-state index in [0.29, 0.717) is 0 Å². The van der Waals surface area contributed by atoms with Gasteiger partial charge in [-0.25, -0.2) is 8.78 Å². The minimum Gasteiger partial charge on any atom is -0.481 e. The summed E-state index contributed by atoms with van der Waals surface area (Å²) in [4.78, 5) is 10.8. The second-order valence-corrected chi connectivity index (χ2v) is 4.20. The van der Waals surface area contributed by atoms with Crippen LogP contribution in [0.25, 0.3) is 0 Å². The molecule has 0 heterocycles. The minimum atomic E-state index is -1.38. The predicted octanol–water partition coefficient (Wildman–Crippen LogP) is 2.16. The van der Waals surface area contributed by atoms with Crippen molar-refractivity contribution in [3.63, 3.8) is 0 Å². The van der Waals surface area contributed by atoms with Crippen LogP contribution in [0, 0.1) is 18.6 Å². The van der Waals surface area contributed by atoms with Crippen molar-refractivity contribution < 1.29 is 18.7 Å². The molecule has 88 valence electrons. The maximum Gasteiger partial charge on any atom is 0.312 e. The van der Waals surface area contributed by atoms with Crippen LogP contribution in [-0.2, 0) is 4.79 Å². The van der Waals surface area contributed by atoms with Crippen LogP contribution in [0.1, 0.15) is 17.0 Å². The number of rotatable bonds is 3. The first-order chi connectivity index (χ1) is 7.40. The number of carbonyl (C=O) groups is 1. The molecule has 1 rings (SSSR count). The Morgan fingerprint density at radius 3 is 2.56 bits per heavy atom. The number of aliphatic carboxylic acids is 1. The zero-order valence-electron chi connectivity index (χ0n) is 8.43. The van der Waals surface area contributed by atoms with Crippen LogP contribution in [0.3, 0.4) is 0 Å². The van der Waals surface area contributed by atoms with Gasteiger partial charge in [0.2, 0.25) is 0 Å². The molecule has 16 heavy (non-hydrogen) atoms. The minimum absolute atomic E-state index is 0.0288. The quantitative estimate of drug-likeness (QED) is 0.840. The summed E-state index contributed by atoms with van der Waals surface area (Å²) in [6.45, 7) is 1.07.